The molecule has 1 fully saturated rings. The molecule has 1 aliphatic carbocycles. The molecule has 3 N–H and O–H groups in total. The van der Waals surface area contributed by atoms with Crippen molar-refractivity contribution in [1.29, 1.82) is 0 Å². The summed E-state index contributed by atoms with van der Waals surface area (Å²) in [6.45, 7) is 4.34. The van der Waals surface area contributed by atoms with Crippen LogP contribution in [0.5, 0.6) is 0 Å². The Morgan fingerprint density at radius 1 is 1.42 bits per heavy atom. The van der Waals surface area contributed by atoms with Gasteiger partial charge in [-0.2, -0.15) is 11.8 Å². The Kier molecular flexibility index (Phi) is 8.30. The second kappa shape index (κ2) is 9.48. The fourth-order valence-corrected chi connectivity index (χ4v) is 3.78. The smallest absolute Gasteiger partial charge is 0.315 e. The first kappa shape index (κ1) is 16.6. The zero-order valence-electron chi connectivity index (χ0n) is 12.2. The first-order chi connectivity index (χ1) is 9.17. The van der Waals surface area contributed by atoms with Gasteiger partial charge in [0, 0.05) is 23.9 Å². The van der Waals surface area contributed by atoms with Crippen LogP contribution in [0.25, 0.3) is 0 Å². The van der Waals surface area contributed by atoms with E-state index in [1.807, 2.05) is 18.7 Å². The highest BCUT2D eigenvalue weighted by Crippen LogP contribution is 2.28. The second-order valence-electron chi connectivity index (χ2n) is 5.27. The number of aliphatic hydroxyl groups excluding tert-OH is 1. The summed E-state index contributed by atoms with van der Waals surface area (Å²) in [4.78, 5) is 11.9. The average Bonchev–Trinajstić information content (AvgIpc) is 2.39. The number of rotatable bonds is 7. The van der Waals surface area contributed by atoms with E-state index in [0.29, 0.717) is 11.3 Å². The molecule has 5 heteroatoms. The van der Waals surface area contributed by atoms with Gasteiger partial charge >= 0.3 is 6.03 Å². The van der Waals surface area contributed by atoms with Crippen LogP contribution in [-0.2, 0) is 0 Å². The van der Waals surface area contributed by atoms with Gasteiger partial charge < -0.3 is 15.7 Å². The van der Waals surface area contributed by atoms with Crippen LogP contribution >= 0.6 is 11.8 Å². The zero-order valence-corrected chi connectivity index (χ0v) is 13.0. The minimum absolute atomic E-state index is 0.0564. The molecule has 112 valence electrons. The normalized spacial score (nSPS) is 24.8. The number of amides is 2. The molecule has 0 aromatic heterocycles. The van der Waals surface area contributed by atoms with Crippen molar-refractivity contribution in [1.82, 2.24) is 10.6 Å². The van der Waals surface area contributed by atoms with Gasteiger partial charge in [0.25, 0.3) is 0 Å². The van der Waals surface area contributed by atoms with E-state index in [-0.39, 0.29) is 18.7 Å². The highest BCUT2D eigenvalue weighted by Gasteiger charge is 2.26. The van der Waals surface area contributed by atoms with Gasteiger partial charge in [-0.15, -0.1) is 0 Å². The van der Waals surface area contributed by atoms with Crippen LogP contribution in [-0.4, -0.2) is 40.8 Å². The Hall–Kier alpha value is -0.420. The van der Waals surface area contributed by atoms with Crippen molar-refractivity contribution >= 4 is 17.8 Å². The highest BCUT2D eigenvalue weighted by atomic mass is 32.2. The van der Waals surface area contributed by atoms with E-state index >= 15 is 0 Å². The van der Waals surface area contributed by atoms with Crippen LogP contribution in [0.4, 0.5) is 4.79 Å². The standard InChI is InChI=1S/C14H28N2O2S/c1-3-19-13-9-5-4-8-12(13)16-14(18)15-11(2)7-6-10-17/h11-13,17H,3-10H2,1-2H3,(H2,15,16,18). The monoisotopic (exact) mass is 288 g/mol. The minimum atomic E-state index is -0.0564. The second-order valence-corrected chi connectivity index (χ2v) is 6.79. The molecule has 0 aromatic carbocycles. The molecule has 1 aliphatic rings. The lowest BCUT2D eigenvalue weighted by Crippen LogP contribution is -2.50. The van der Waals surface area contributed by atoms with Crippen molar-refractivity contribution in [2.24, 2.45) is 0 Å². The summed E-state index contributed by atoms with van der Waals surface area (Å²) in [7, 11) is 0. The summed E-state index contributed by atoms with van der Waals surface area (Å²) in [5.74, 6) is 1.11. The number of thioether (sulfide) groups is 1. The molecule has 0 bridgehead atoms. The predicted molar refractivity (Wildman–Crippen MR) is 81.6 cm³/mol. The third kappa shape index (κ3) is 6.52. The number of carbonyl (C=O) groups excluding carboxylic acids is 1. The molecule has 3 atom stereocenters. The van der Waals surface area contributed by atoms with E-state index in [2.05, 4.69) is 17.6 Å². The number of hydrogen-bond donors (Lipinski definition) is 3. The average molecular weight is 288 g/mol. The number of aliphatic hydroxyl groups is 1. The maximum Gasteiger partial charge on any atom is 0.315 e. The van der Waals surface area contributed by atoms with Gasteiger partial charge in [0.15, 0.2) is 0 Å². The first-order valence-corrected chi connectivity index (χ1v) is 8.51. The lowest BCUT2D eigenvalue weighted by Gasteiger charge is -2.32. The molecule has 3 unspecified atom stereocenters. The number of nitrogens with one attached hydrogen (secondary N) is 2. The molecule has 0 aliphatic heterocycles. The Labute approximate surface area is 121 Å². The van der Waals surface area contributed by atoms with Crippen molar-refractivity contribution in [2.75, 3.05) is 12.4 Å². The van der Waals surface area contributed by atoms with E-state index in [1.165, 1.54) is 19.3 Å². The van der Waals surface area contributed by atoms with Crippen LogP contribution in [0.15, 0.2) is 0 Å². The summed E-state index contributed by atoms with van der Waals surface area (Å²) in [5, 5.41) is 15.4. The van der Waals surface area contributed by atoms with E-state index in [4.69, 9.17) is 5.11 Å². The van der Waals surface area contributed by atoms with Crippen molar-refractivity contribution in [3.63, 3.8) is 0 Å². The van der Waals surface area contributed by atoms with Gasteiger partial charge in [-0.3, -0.25) is 0 Å². The number of hydrogen-bond acceptors (Lipinski definition) is 3. The molecule has 0 saturated heterocycles. The summed E-state index contributed by atoms with van der Waals surface area (Å²) in [6.07, 6.45) is 6.36. The van der Waals surface area contributed by atoms with E-state index in [0.717, 1.165) is 25.0 Å². The van der Waals surface area contributed by atoms with Crippen molar-refractivity contribution < 1.29 is 9.90 Å². The molecule has 0 heterocycles. The summed E-state index contributed by atoms with van der Waals surface area (Å²) in [5.41, 5.74) is 0. The van der Waals surface area contributed by atoms with E-state index in [9.17, 15) is 4.79 Å². The Balaban J connectivity index is 2.32. The van der Waals surface area contributed by atoms with Gasteiger partial charge in [-0.1, -0.05) is 19.8 Å². The summed E-state index contributed by atoms with van der Waals surface area (Å²) in [6, 6.07) is 0.371. The van der Waals surface area contributed by atoms with Crippen LogP contribution < -0.4 is 10.6 Å². The van der Waals surface area contributed by atoms with Gasteiger partial charge in [-0.25, -0.2) is 4.79 Å². The molecule has 0 spiro atoms. The lowest BCUT2D eigenvalue weighted by molar-refractivity contribution is 0.227. The minimum Gasteiger partial charge on any atom is -0.396 e. The Morgan fingerprint density at radius 3 is 2.84 bits per heavy atom. The summed E-state index contributed by atoms with van der Waals surface area (Å²) < 4.78 is 0. The molecule has 1 rings (SSSR count). The fourth-order valence-electron chi connectivity index (χ4n) is 2.58. The molecule has 1 saturated carbocycles. The Bertz CT molecular complexity index is 262. The van der Waals surface area contributed by atoms with E-state index in [1.54, 1.807) is 0 Å². The van der Waals surface area contributed by atoms with Crippen molar-refractivity contribution in [3.05, 3.63) is 0 Å². The molecule has 0 aromatic rings. The zero-order chi connectivity index (χ0) is 14.1. The SMILES string of the molecule is CCSC1CCCCC1NC(=O)NC(C)CCCO. The first-order valence-electron chi connectivity index (χ1n) is 7.46. The molecule has 0 radical (unpaired) electrons. The third-order valence-electron chi connectivity index (χ3n) is 3.57. The van der Waals surface area contributed by atoms with E-state index < -0.39 is 0 Å². The van der Waals surface area contributed by atoms with Crippen LogP contribution in [0.3, 0.4) is 0 Å². The molecule has 19 heavy (non-hydrogen) atoms. The fraction of sp³-hybridized carbons (Fsp3) is 0.929. The maximum absolute atomic E-state index is 11.9. The Morgan fingerprint density at radius 2 is 2.16 bits per heavy atom. The molecular weight excluding hydrogens is 260 g/mol. The molecule has 4 nitrogen and oxygen atoms in total. The lowest BCUT2D eigenvalue weighted by atomic mass is 9.95. The number of carbonyl (C=O) groups is 1. The van der Waals surface area contributed by atoms with Gasteiger partial charge in [0.05, 0.1) is 0 Å². The van der Waals surface area contributed by atoms with Crippen molar-refractivity contribution in [3.8, 4) is 0 Å². The maximum atomic E-state index is 11.9. The topological polar surface area (TPSA) is 61.4 Å². The van der Waals surface area contributed by atoms with Crippen LogP contribution in [0.1, 0.15) is 52.4 Å². The van der Waals surface area contributed by atoms with Crippen LogP contribution in [0.2, 0.25) is 0 Å². The molecule has 2 amide bonds. The quantitative estimate of drug-likeness (QED) is 0.674. The largest absolute Gasteiger partial charge is 0.396 e. The van der Waals surface area contributed by atoms with Crippen LogP contribution in [0, 0.1) is 0 Å². The van der Waals surface area contributed by atoms with Gasteiger partial charge in [0.1, 0.15) is 0 Å². The van der Waals surface area contributed by atoms with Gasteiger partial charge in [-0.05, 0) is 38.4 Å². The van der Waals surface area contributed by atoms with Gasteiger partial charge in [0.2, 0.25) is 0 Å². The predicted octanol–water partition coefficient (Wildman–Crippen LogP) is 2.51. The van der Waals surface area contributed by atoms with Crippen molar-refractivity contribution in [2.45, 2.75) is 69.7 Å². The molecular formula is C14H28N2O2S. The highest BCUT2D eigenvalue weighted by molar-refractivity contribution is 7.99. The third-order valence-corrected chi connectivity index (χ3v) is 4.90. The summed E-state index contributed by atoms with van der Waals surface area (Å²) >= 11 is 1.96. The number of urea groups is 1.